The molecule has 2 aliphatic heterocycles. The highest BCUT2D eigenvalue weighted by Gasteiger charge is 2.35. The van der Waals surface area contributed by atoms with Gasteiger partial charge < -0.3 is 5.32 Å². The van der Waals surface area contributed by atoms with Gasteiger partial charge >= 0.3 is 0 Å². The highest BCUT2D eigenvalue weighted by atomic mass is 32.2. The normalized spacial score (nSPS) is 24.9. The van der Waals surface area contributed by atoms with Crippen LogP contribution in [0.5, 0.6) is 0 Å². The van der Waals surface area contributed by atoms with Crippen molar-refractivity contribution < 1.29 is 13.2 Å². The number of aryl methyl sites for hydroxylation is 1. The molecule has 1 aromatic rings. The van der Waals surface area contributed by atoms with Gasteiger partial charge in [-0.15, -0.1) is 11.3 Å². The first kappa shape index (κ1) is 17.8. The molecule has 0 spiro atoms. The van der Waals surface area contributed by atoms with Crippen molar-refractivity contribution in [3.8, 4) is 0 Å². The molecule has 3 heterocycles. The molecule has 1 atom stereocenters. The van der Waals surface area contributed by atoms with Crippen molar-refractivity contribution in [2.45, 2.75) is 38.1 Å². The zero-order chi connectivity index (χ0) is 17.0. The van der Waals surface area contributed by atoms with Crippen LogP contribution in [0.2, 0.25) is 0 Å². The number of piperidine rings is 1. The Hall–Kier alpha value is -0.990. The van der Waals surface area contributed by atoms with E-state index in [1.807, 2.05) is 11.6 Å². The molecule has 0 saturated carbocycles. The van der Waals surface area contributed by atoms with E-state index >= 15 is 0 Å². The maximum absolute atomic E-state index is 12.3. The van der Waals surface area contributed by atoms with Crippen molar-refractivity contribution in [1.82, 2.24) is 15.2 Å². The van der Waals surface area contributed by atoms with Crippen LogP contribution in [0.4, 0.5) is 0 Å². The highest BCUT2D eigenvalue weighted by Crippen LogP contribution is 2.24. The minimum atomic E-state index is -2.83. The van der Waals surface area contributed by atoms with Gasteiger partial charge in [0.05, 0.1) is 16.5 Å². The number of nitrogens with one attached hydrogen (secondary N) is 1. The smallest absolute Gasteiger partial charge is 0.223 e. The minimum absolute atomic E-state index is 0.0686. The van der Waals surface area contributed by atoms with Crippen LogP contribution >= 0.6 is 11.3 Å². The van der Waals surface area contributed by atoms with Gasteiger partial charge in [-0.25, -0.2) is 13.4 Å². The summed E-state index contributed by atoms with van der Waals surface area (Å²) >= 11 is 1.65. The predicted molar refractivity (Wildman–Crippen MR) is 94.8 cm³/mol. The largest absolute Gasteiger partial charge is 0.356 e. The third kappa shape index (κ3) is 4.77. The van der Waals surface area contributed by atoms with Gasteiger partial charge in [-0.3, -0.25) is 9.69 Å². The second-order valence-corrected chi connectivity index (χ2v) is 9.90. The number of carbonyl (C=O) groups excluding carboxylic acids is 1. The van der Waals surface area contributed by atoms with Crippen LogP contribution in [-0.4, -0.2) is 61.4 Å². The average Bonchev–Trinajstić information content (AvgIpc) is 3.21. The molecule has 6 nitrogen and oxygen atoms in total. The Labute approximate surface area is 147 Å². The van der Waals surface area contributed by atoms with Crippen molar-refractivity contribution in [2.75, 3.05) is 31.1 Å². The number of nitrogens with zero attached hydrogens (tertiary/aromatic N) is 2. The zero-order valence-electron chi connectivity index (χ0n) is 13.8. The van der Waals surface area contributed by atoms with Crippen LogP contribution in [0.3, 0.4) is 0 Å². The van der Waals surface area contributed by atoms with E-state index in [9.17, 15) is 13.2 Å². The Bertz CT molecular complexity index is 638. The maximum atomic E-state index is 12.3. The van der Waals surface area contributed by atoms with E-state index in [0.29, 0.717) is 18.1 Å². The maximum Gasteiger partial charge on any atom is 0.223 e. The van der Waals surface area contributed by atoms with Gasteiger partial charge in [0.15, 0.2) is 9.84 Å². The van der Waals surface area contributed by atoms with E-state index in [0.717, 1.165) is 50.2 Å². The van der Waals surface area contributed by atoms with Crippen LogP contribution in [0.15, 0.2) is 11.6 Å². The van der Waals surface area contributed by atoms with E-state index < -0.39 is 9.84 Å². The first-order valence-corrected chi connectivity index (χ1v) is 11.3. The van der Waals surface area contributed by atoms with E-state index in [1.54, 1.807) is 11.3 Å². The molecule has 2 fully saturated rings. The summed E-state index contributed by atoms with van der Waals surface area (Å²) in [5.74, 6) is 0.824. The molecule has 2 saturated heterocycles. The molecule has 1 N–H and O–H groups in total. The van der Waals surface area contributed by atoms with Crippen LogP contribution in [0.1, 0.15) is 30.7 Å². The van der Waals surface area contributed by atoms with Crippen molar-refractivity contribution in [1.29, 1.82) is 0 Å². The lowest BCUT2D eigenvalue weighted by Crippen LogP contribution is -2.45. The summed E-state index contributed by atoms with van der Waals surface area (Å²) in [5, 5.41) is 6.12. The predicted octanol–water partition coefficient (Wildman–Crippen LogP) is 1.09. The molecule has 24 heavy (non-hydrogen) atoms. The Morgan fingerprint density at radius 3 is 2.75 bits per heavy atom. The van der Waals surface area contributed by atoms with E-state index in [1.165, 1.54) is 0 Å². The first-order valence-electron chi connectivity index (χ1n) is 8.64. The molecule has 3 rings (SSSR count). The molecule has 1 amide bonds. The van der Waals surface area contributed by atoms with Crippen LogP contribution in [-0.2, 0) is 21.1 Å². The lowest BCUT2D eigenvalue weighted by Gasteiger charge is -2.34. The molecular formula is C16H25N3O3S2. The number of amides is 1. The molecule has 1 aromatic heterocycles. The topological polar surface area (TPSA) is 79.4 Å². The van der Waals surface area contributed by atoms with Crippen LogP contribution in [0, 0.1) is 5.92 Å². The quantitative estimate of drug-likeness (QED) is 0.758. The fourth-order valence-corrected chi connectivity index (χ4v) is 5.99. The van der Waals surface area contributed by atoms with E-state index in [-0.39, 0.29) is 17.9 Å². The number of carbonyl (C=O) groups is 1. The first-order chi connectivity index (χ1) is 11.5. The summed E-state index contributed by atoms with van der Waals surface area (Å²) in [6.45, 7) is 2.36. The Kier molecular flexibility index (Phi) is 5.89. The Morgan fingerprint density at radius 1 is 1.33 bits per heavy atom. The van der Waals surface area contributed by atoms with Gasteiger partial charge in [-0.1, -0.05) is 0 Å². The van der Waals surface area contributed by atoms with Gasteiger partial charge in [0.1, 0.15) is 0 Å². The molecule has 0 aliphatic carbocycles. The summed E-state index contributed by atoms with van der Waals surface area (Å²) in [6.07, 6.45) is 6.03. The fraction of sp³-hybridized carbons (Fsp3) is 0.750. The van der Waals surface area contributed by atoms with Crippen LogP contribution in [0.25, 0.3) is 0 Å². The summed E-state index contributed by atoms with van der Waals surface area (Å²) in [7, 11) is -2.83. The molecule has 2 aliphatic rings. The van der Waals surface area contributed by atoms with Gasteiger partial charge in [0.25, 0.3) is 0 Å². The summed E-state index contributed by atoms with van der Waals surface area (Å²) in [4.78, 5) is 18.7. The molecule has 0 aromatic carbocycles. The Morgan fingerprint density at radius 2 is 2.12 bits per heavy atom. The van der Waals surface area contributed by atoms with Gasteiger partial charge in [0, 0.05) is 36.5 Å². The van der Waals surface area contributed by atoms with Crippen molar-refractivity contribution in [2.24, 2.45) is 5.92 Å². The number of hydrogen-bond donors (Lipinski definition) is 1. The average molecular weight is 372 g/mol. The third-order valence-electron chi connectivity index (χ3n) is 4.98. The number of hydrogen-bond acceptors (Lipinski definition) is 6. The van der Waals surface area contributed by atoms with Crippen molar-refractivity contribution in [3.05, 3.63) is 16.6 Å². The number of aromatic nitrogens is 1. The van der Waals surface area contributed by atoms with Gasteiger partial charge in [-0.05, 0) is 38.8 Å². The van der Waals surface area contributed by atoms with E-state index in [4.69, 9.17) is 0 Å². The second-order valence-electron chi connectivity index (χ2n) is 6.69. The van der Waals surface area contributed by atoms with E-state index in [2.05, 4.69) is 15.2 Å². The minimum Gasteiger partial charge on any atom is -0.356 e. The SMILES string of the molecule is O=C(NCCCc1nccs1)C1CCN(C2CCS(=O)(=O)C2)CC1. The molecule has 1 unspecified atom stereocenters. The number of rotatable bonds is 6. The monoisotopic (exact) mass is 371 g/mol. The summed E-state index contributed by atoms with van der Waals surface area (Å²) < 4.78 is 23.2. The summed E-state index contributed by atoms with van der Waals surface area (Å²) in [6, 6.07) is 0.164. The third-order valence-corrected chi connectivity index (χ3v) is 7.57. The zero-order valence-corrected chi connectivity index (χ0v) is 15.4. The number of sulfone groups is 1. The number of likely N-dealkylation sites (tertiary alicyclic amines) is 1. The number of thiazole rings is 1. The molecule has 0 bridgehead atoms. The van der Waals surface area contributed by atoms with Gasteiger partial charge in [-0.2, -0.15) is 0 Å². The Balaban J connectivity index is 1.34. The fourth-order valence-electron chi connectivity index (χ4n) is 3.56. The highest BCUT2D eigenvalue weighted by molar-refractivity contribution is 7.91. The van der Waals surface area contributed by atoms with Gasteiger partial charge in [0.2, 0.25) is 5.91 Å². The molecule has 134 valence electrons. The lowest BCUT2D eigenvalue weighted by molar-refractivity contribution is -0.126. The van der Waals surface area contributed by atoms with Crippen molar-refractivity contribution >= 4 is 27.1 Å². The lowest BCUT2D eigenvalue weighted by atomic mass is 9.94. The molecule has 0 radical (unpaired) electrons. The van der Waals surface area contributed by atoms with Crippen molar-refractivity contribution in [3.63, 3.8) is 0 Å². The molecular weight excluding hydrogens is 346 g/mol. The summed E-state index contributed by atoms with van der Waals surface area (Å²) in [5.41, 5.74) is 0. The molecule has 8 heteroatoms. The standard InChI is InChI=1S/C16H25N3O3S2/c20-16(18-6-1-2-15-17-7-10-23-15)13-3-8-19(9-4-13)14-5-11-24(21,22)12-14/h7,10,13-14H,1-6,8-9,11-12H2,(H,18,20). The van der Waals surface area contributed by atoms with Crippen LogP contribution < -0.4 is 5.32 Å². The second kappa shape index (κ2) is 7.93.